The number of hydrogen-bond acceptors (Lipinski definition) is 4. The van der Waals surface area contributed by atoms with E-state index < -0.39 is 0 Å². The quantitative estimate of drug-likeness (QED) is 0.285. The van der Waals surface area contributed by atoms with E-state index in [0.29, 0.717) is 25.2 Å². The van der Waals surface area contributed by atoms with Gasteiger partial charge in [-0.1, -0.05) is 43.3 Å². The number of nitrogens with one attached hydrogen (secondary N) is 2. The van der Waals surface area contributed by atoms with Crippen LogP contribution in [0.5, 0.6) is 0 Å². The van der Waals surface area contributed by atoms with Crippen LogP contribution in [0.25, 0.3) is 0 Å². The minimum atomic E-state index is 0. The number of halogens is 1. The number of aliphatic imine (C=N–C) groups is 1. The number of thiophene rings is 1. The van der Waals surface area contributed by atoms with Crippen LogP contribution < -0.4 is 10.6 Å². The van der Waals surface area contributed by atoms with Crippen molar-refractivity contribution in [2.45, 2.75) is 19.6 Å². The normalized spacial score (nSPS) is 13.7. The molecule has 28 heavy (non-hydrogen) atoms. The highest BCUT2D eigenvalue weighted by Crippen LogP contribution is 2.22. The molecule has 1 aromatic carbocycles. The maximum Gasteiger partial charge on any atom is 0.191 e. The zero-order valence-electron chi connectivity index (χ0n) is 17.2. The molecule has 0 aliphatic heterocycles. The number of benzene rings is 1. The molecule has 1 heterocycles. The first-order valence-electron chi connectivity index (χ1n) is 9.36. The highest BCUT2D eigenvalue weighted by molar-refractivity contribution is 14.0. The van der Waals surface area contributed by atoms with E-state index >= 15 is 0 Å². The molecule has 1 aromatic heterocycles. The van der Waals surface area contributed by atoms with Crippen LogP contribution in [0.4, 0.5) is 0 Å². The van der Waals surface area contributed by atoms with Crippen LogP contribution in [0.2, 0.25) is 0 Å². The largest absolute Gasteiger partial charge is 0.376 e. The first-order chi connectivity index (χ1) is 13.1. The molecule has 2 N–H and O–H groups in total. The molecule has 0 spiro atoms. The lowest BCUT2D eigenvalue weighted by Crippen LogP contribution is -2.43. The van der Waals surface area contributed by atoms with Crippen molar-refractivity contribution >= 4 is 41.3 Å². The molecule has 0 fully saturated rings. The number of nitrogens with zero attached hydrogens (tertiary/aromatic N) is 2. The third-order valence-corrected chi connectivity index (χ3v) is 5.29. The summed E-state index contributed by atoms with van der Waals surface area (Å²) in [5, 5.41) is 8.96. The SMILES string of the molecule is CN=C(NCC(C)COCc1ccccc1)NCC(c1cccs1)N(C)C.I. The van der Waals surface area contributed by atoms with E-state index in [2.05, 4.69) is 71.2 Å². The molecule has 0 aliphatic rings. The maximum absolute atomic E-state index is 5.82. The average Bonchev–Trinajstić information content (AvgIpc) is 3.19. The van der Waals surface area contributed by atoms with Gasteiger partial charge in [0, 0.05) is 25.0 Å². The summed E-state index contributed by atoms with van der Waals surface area (Å²) in [7, 11) is 6.02. The fourth-order valence-corrected chi connectivity index (χ4v) is 3.64. The Kier molecular flexibility index (Phi) is 12.4. The summed E-state index contributed by atoms with van der Waals surface area (Å²) in [6, 6.07) is 14.9. The molecule has 0 saturated carbocycles. The van der Waals surface area contributed by atoms with E-state index in [0.717, 1.165) is 19.0 Å². The van der Waals surface area contributed by atoms with E-state index in [9.17, 15) is 0 Å². The van der Waals surface area contributed by atoms with Gasteiger partial charge in [0.05, 0.1) is 19.3 Å². The molecule has 0 amide bonds. The van der Waals surface area contributed by atoms with Gasteiger partial charge in [0.25, 0.3) is 0 Å². The van der Waals surface area contributed by atoms with Gasteiger partial charge in [-0.05, 0) is 37.0 Å². The monoisotopic (exact) mass is 516 g/mol. The molecule has 0 bridgehead atoms. The number of rotatable bonds is 10. The van der Waals surface area contributed by atoms with Crippen LogP contribution in [0, 0.1) is 5.92 Å². The van der Waals surface area contributed by atoms with E-state index in [1.807, 2.05) is 25.2 Å². The first kappa shape index (κ1) is 24.9. The molecular weight excluding hydrogens is 483 g/mol. The number of guanidine groups is 1. The van der Waals surface area contributed by atoms with Gasteiger partial charge in [-0.15, -0.1) is 35.3 Å². The molecule has 0 saturated heterocycles. The molecule has 156 valence electrons. The van der Waals surface area contributed by atoms with Gasteiger partial charge in [-0.25, -0.2) is 0 Å². The van der Waals surface area contributed by atoms with E-state index in [1.54, 1.807) is 11.3 Å². The first-order valence-corrected chi connectivity index (χ1v) is 10.2. The molecule has 2 atom stereocenters. The molecule has 7 heteroatoms. The summed E-state index contributed by atoms with van der Waals surface area (Å²) in [5.74, 6) is 1.22. The van der Waals surface area contributed by atoms with Crippen molar-refractivity contribution in [3.63, 3.8) is 0 Å². The summed E-state index contributed by atoms with van der Waals surface area (Å²) >= 11 is 1.79. The zero-order chi connectivity index (χ0) is 19.5. The van der Waals surface area contributed by atoms with Crippen LogP contribution in [0.3, 0.4) is 0 Å². The molecule has 2 rings (SSSR count). The Morgan fingerprint density at radius 1 is 1.11 bits per heavy atom. The minimum Gasteiger partial charge on any atom is -0.376 e. The van der Waals surface area contributed by atoms with Crippen LogP contribution in [0.1, 0.15) is 23.4 Å². The Hall–Kier alpha value is -1.16. The zero-order valence-corrected chi connectivity index (χ0v) is 20.4. The van der Waals surface area contributed by atoms with Gasteiger partial charge in [0.2, 0.25) is 0 Å². The van der Waals surface area contributed by atoms with Crippen molar-refractivity contribution in [3.05, 3.63) is 58.3 Å². The van der Waals surface area contributed by atoms with Crippen LogP contribution in [0.15, 0.2) is 52.8 Å². The second kappa shape index (κ2) is 13.9. The highest BCUT2D eigenvalue weighted by Gasteiger charge is 2.15. The average molecular weight is 516 g/mol. The number of hydrogen-bond donors (Lipinski definition) is 2. The lowest BCUT2D eigenvalue weighted by Gasteiger charge is -2.25. The van der Waals surface area contributed by atoms with E-state index in [1.165, 1.54) is 10.4 Å². The van der Waals surface area contributed by atoms with Gasteiger partial charge in [0.1, 0.15) is 0 Å². The van der Waals surface area contributed by atoms with Crippen molar-refractivity contribution in [1.29, 1.82) is 0 Å². The molecule has 0 aliphatic carbocycles. The number of ether oxygens (including phenoxy) is 1. The van der Waals surface area contributed by atoms with Crippen LogP contribution in [-0.4, -0.2) is 51.7 Å². The van der Waals surface area contributed by atoms with Gasteiger partial charge in [0.15, 0.2) is 5.96 Å². The van der Waals surface area contributed by atoms with Crippen molar-refractivity contribution in [1.82, 2.24) is 15.5 Å². The Bertz CT molecular complexity index is 664. The standard InChI is InChI=1S/C21H32N4OS.HI/c1-17(15-26-16-18-9-6-5-7-10-18)13-23-21(22-2)24-14-19(25(3)4)20-11-8-12-27-20;/h5-12,17,19H,13-16H2,1-4H3,(H2,22,23,24);1H. The smallest absolute Gasteiger partial charge is 0.191 e. The van der Waals surface area contributed by atoms with Gasteiger partial charge in [-0.3, -0.25) is 4.99 Å². The van der Waals surface area contributed by atoms with Gasteiger partial charge in [-0.2, -0.15) is 0 Å². The highest BCUT2D eigenvalue weighted by atomic mass is 127. The third-order valence-electron chi connectivity index (χ3n) is 4.31. The molecule has 5 nitrogen and oxygen atoms in total. The third kappa shape index (κ3) is 8.89. The summed E-state index contributed by atoms with van der Waals surface area (Å²) in [6.07, 6.45) is 0. The summed E-state index contributed by atoms with van der Waals surface area (Å²) in [4.78, 5) is 7.92. The van der Waals surface area contributed by atoms with Gasteiger partial charge >= 0.3 is 0 Å². The Morgan fingerprint density at radius 2 is 1.82 bits per heavy atom. The molecular formula is C21H33IN4OS. The number of likely N-dealkylation sites (N-methyl/N-ethyl adjacent to an activating group) is 1. The van der Waals surface area contributed by atoms with Gasteiger partial charge < -0.3 is 20.3 Å². The predicted octanol–water partition coefficient (Wildman–Crippen LogP) is 3.99. The fourth-order valence-electron chi connectivity index (χ4n) is 2.71. The molecule has 0 radical (unpaired) electrons. The summed E-state index contributed by atoms with van der Waals surface area (Å²) in [5.41, 5.74) is 1.21. The fraction of sp³-hybridized carbons (Fsp3) is 0.476. The molecule has 2 aromatic rings. The second-order valence-electron chi connectivity index (χ2n) is 6.93. The predicted molar refractivity (Wildman–Crippen MR) is 131 cm³/mol. The van der Waals surface area contributed by atoms with Crippen molar-refractivity contribution < 1.29 is 4.74 Å². The van der Waals surface area contributed by atoms with Crippen LogP contribution >= 0.6 is 35.3 Å². The van der Waals surface area contributed by atoms with Crippen molar-refractivity contribution in [2.24, 2.45) is 10.9 Å². The summed E-state index contributed by atoms with van der Waals surface area (Å²) < 4.78 is 5.82. The Balaban J connectivity index is 0.00000392. The van der Waals surface area contributed by atoms with E-state index in [4.69, 9.17) is 4.74 Å². The topological polar surface area (TPSA) is 48.9 Å². The summed E-state index contributed by atoms with van der Waals surface area (Å²) in [6.45, 7) is 5.18. The molecule has 2 unspecified atom stereocenters. The second-order valence-corrected chi connectivity index (χ2v) is 7.91. The lowest BCUT2D eigenvalue weighted by molar-refractivity contribution is 0.0931. The minimum absolute atomic E-state index is 0. The lowest BCUT2D eigenvalue weighted by atomic mass is 10.2. The van der Waals surface area contributed by atoms with Crippen LogP contribution in [-0.2, 0) is 11.3 Å². The Labute approximate surface area is 190 Å². The van der Waals surface area contributed by atoms with Crippen molar-refractivity contribution in [3.8, 4) is 0 Å². The maximum atomic E-state index is 5.82. The Morgan fingerprint density at radius 3 is 2.43 bits per heavy atom. The van der Waals surface area contributed by atoms with E-state index in [-0.39, 0.29) is 24.0 Å². The van der Waals surface area contributed by atoms with Crippen molar-refractivity contribution in [2.75, 3.05) is 40.8 Å².